The number of aromatic nitrogens is 2. The minimum Gasteiger partial charge on any atom is -0.276 e. The molecule has 0 bridgehead atoms. The quantitative estimate of drug-likeness (QED) is 0.458. The predicted molar refractivity (Wildman–Crippen MR) is 53.4 cm³/mol. The largest absolute Gasteiger partial charge is 0.338 e. The van der Waals surface area contributed by atoms with E-state index in [0.29, 0.717) is 6.42 Å². The van der Waals surface area contributed by atoms with Crippen LogP contribution in [0.1, 0.15) is 12.0 Å². The number of nitrogens with zero attached hydrogens (tertiary/aromatic N) is 2. The van der Waals surface area contributed by atoms with Crippen LogP contribution in [0.5, 0.6) is 0 Å². The molecule has 0 aliphatic carbocycles. The summed E-state index contributed by atoms with van der Waals surface area (Å²) in [4.78, 5) is 0. The highest BCUT2D eigenvalue weighted by Crippen LogP contribution is 2.26. The van der Waals surface area contributed by atoms with Crippen LogP contribution in [0.4, 0.5) is 8.78 Å². The molecular formula is C8H13ClF2N4. The Hall–Kier alpha value is -0.720. The van der Waals surface area contributed by atoms with Crippen molar-refractivity contribution in [1.82, 2.24) is 15.2 Å². The number of nitrogens with one attached hydrogen (secondary N) is 1. The molecule has 4 nitrogen and oxygen atoms in total. The summed E-state index contributed by atoms with van der Waals surface area (Å²) in [6.07, 6.45) is 3.99. The van der Waals surface area contributed by atoms with E-state index < -0.39 is 11.4 Å². The highest BCUT2D eigenvalue weighted by molar-refractivity contribution is 6.22. The minimum absolute atomic E-state index is 0.151. The van der Waals surface area contributed by atoms with Gasteiger partial charge in [0.25, 0.3) is 0 Å². The van der Waals surface area contributed by atoms with Gasteiger partial charge in [0, 0.05) is 13.2 Å². The van der Waals surface area contributed by atoms with Crippen molar-refractivity contribution >= 4 is 11.6 Å². The van der Waals surface area contributed by atoms with Crippen molar-refractivity contribution in [3.05, 3.63) is 18.0 Å². The first-order valence-corrected chi connectivity index (χ1v) is 4.81. The third-order valence-electron chi connectivity index (χ3n) is 2.08. The number of halogens is 3. The van der Waals surface area contributed by atoms with E-state index in [2.05, 4.69) is 5.10 Å². The molecule has 1 unspecified atom stereocenters. The molecule has 0 fully saturated rings. The van der Waals surface area contributed by atoms with E-state index in [1.54, 1.807) is 24.1 Å². The van der Waals surface area contributed by atoms with Gasteiger partial charge < -0.3 is 0 Å². The lowest BCUT2D eigenvalue weighted by molar-refractivity contribution is 0.0468. The van der Waals surface area contributed by atoms with E-state index in [9.17, 15) is 8.78 Å². The smallest absolute Gasteiger partial charge is 0.276 e. The van der Waals surface area contributed by atoms with Crippen LogP contribution in [0.25, 0.3) is 0 Å². The Morgan fingerprint density at radius 2 is 2.40 bits per heavy atom. The second kappa shape index (κ2) is 4.87. The number of alkyl halides is 3. The zero-order valence-electron chi connectivity index (χ0n) is 8.25. The summed E-state index contributed by atoms with van der Waals surface area (Å²) in [5, 5.41) is 0.591. The van der Waals surface area contributed by atoms with Gasteiger partial charge in [0.15, 0.2) is 0 Å². The van der Waals surface area contributed by atoms with Gasteiger partial charge >= 0.3 is 5.38 Å². The summed E-state index contributed by atoms with van der Waals surface area (Å²) in [7, 11) is 1.76. The van der Waals surface area contributed by atoms with Gasteiger partial charge in [-0.2, -0.15) is 13.9 Å². The van der Waals surface area contributed by atoms with Crippen molar-refractivity contribution in [1.29, 1.82) is 0 Å². The zero-order valence-corrected chi connectivity index (χ0v) is 9.01. The van der Waals surface area contributed by atoms with E-state index in [-0.39, 0.29) is 6.42 Å². The molecule has 15 heavy (non-hydrogen) atoms. The van der Waals surface area contributed by atoms with Crippen molar-refractivity contribution in [3.63, 3.8) is 0 Å². The first kappa shape index (κ1) is 12.4. The number of rotatable bonds is 5. The van der Waals surface area contributed by atoms with Crippen molar-refractivity contribution in [2.24, 2.45) is 12.9 Å². The molecule has 7 heteroatoms. The molecule has 0 spiro atoms. The van der Waals surface area contributed by atoms with E-state index in [1.165, 1.54) is 0 Å². The summed E-state index contributed by atoms with van der Waals surface area (Å²) in [5.74, 6) is 4.99. The second-order valence-corrected chi connectivity index (χ2v) is 3.83. The van der Waals surface area contributed by atoms with E-state index >= 15 is 0 Å². The molecule has 1 atom stereocenters. The lowest BCUT2D eigenvalue weighted by Crippen LogP contribution is -2.45. The van der Waals surface area contributed by atoms with Gasteiger partial charge in [0.05, 0.1) is 12.2 Å². The topological polar surface area (TPSA) is 55.9 Å². The lowest BCUT2D eigenvalue weighted by Gasteiger charge is -2.19. The standard InChI is InChI=1S/C8H13ClF2N4/c1-15-5-6(4-13-15)2-3-7(14-12)8(9,10)11/h4-5,7,14H,2-3,12H2,1H3. The SMILES string of the molecule is Cn1cc(CCC(NN)C(F)(F)Cl)cn1. The molecule has 1 aromatic rings. The van der Waals surface area contributed by atoms with Crippen LogP contribution in [-0.2, 0) is 13.5 Å². The molecule has 1 aromatic heterocycles. The summed E-state index contributed by atoms with van der Waals surface area (Å²) in [6, 6.07) is -1.24. The van der Waals surface area contributed by atoms with E-state index in [0.717, 1.165) is 5.56 Å². The Kier molecular flexibility index (Phi) is 4.01. The summed E-state index contributed by atoms with van der Waals surface area (Å²) >= 11 is 4.87. The molecule has 3 N–H and O–H groups in total. The molecule has 0 saturated carbocycles. The number of nitrogens with two attached hydrogens (primary N) is 1. The normalized spacial score (nSPS) is 14.2. The average molecular weight is 239 g/mol. The van der Waals surface area contributed by atoms with E-state index in [4.69, 9.17) is 17.4 Å². The fraction of sp³-hybridized carbons (Fsp3) is 0.625. The van der Waals surface area contributed by atoms with Gasteiger partial charge in [0.2, 0.25) is 0 Å². The summed E-state index contributed by atoms with van der Waals surface area (Å²) in [6.45, 7) is 0. The van der Waals surface area contributed by atoms with Gasteiger partial charge in [-0.15, -0.1) is 0 Å². The van der Waals surface area contributed by atoms with Crippen molar-refractivity contribution in [3.8, 4) is 0 Å². The fourth-order valence-corrected chi connectivity index (χ4v) is 1.43. The first-order chi connectivity index (χ1) is 6.93. The molecule has 0 radical (unpaired) electrons. The van der Waals surface area contributed by atoms with Crippen LogP contribution < -0.4 is 11.3 Å². The van der Waals surface area contributed by atoms with Gasteiger partial charge in [0.1, 0.15) is 0 Å². The van der Waals surface area contributed by atoms with Crippen LogP contribution in [0, 0.1) is 0 Å². The zero-order chi connectivity index (χ0) is 11.5. The molecule has 1 heterocycles. The molecule has 0 aliphatic rings. The lowest BCUT2D eigenvalue weighted by atomic mass is 10.1. The maximum absolute atomic E-state index is 12.7. The monoisotopic (exact) mass is 238 g/mol. The van der Waals surface area contributed by atoms with Gasteiger partial charge in [-0.05, 0) is 30.0 Å². The number of aryl methyl sites for hydroxylation is 2. The van der Waals surface area contributed by atoms with Crippen LogP contribution in [0.2, 0.25) is 0 Å². The van der Waals surface area contributed by atoms with Crippen molar-refractivity contribution < 1.29 is 8.78 Å². The summed E-state index contributed by atoms with van der Waals surface area (Å²) in [5.41, 5.74) is 2.88. The first-order valence-electron chi connectivity index (χ1n) is 4.44. The van der Waals surface area contributed by atoms with E-state index in [1.807, 2.05) is 5.43 Å². The van der Waals surface area contributed by atoms with Crippen molar-refractivity contribution in [2.75, 3.05) is 0 Å². The van der Waals surface area contributed by atoms with Gasteiger partial charge in [-0.3, -0.25) is 10.5 Å². The maximum atomic E-state index is 12.7. The Morgan fingerprint density at radius 3 is 2.80 bits per heavy atom. The fourth-order valence-electron chi connectivity index (χ4n) is 1.25. The Labute approximate surface area is 91.4 Å². The Morgan fingerprint density at radius 1 is 1.73 bits per heavy atom. The second-order valence-electron chi connectivity index (χ2n) is 3.32. The predicted octanol–water partition coefficient (Wildman–Crippen LogP) is 1.02. The van der Waals surface area contributed by atoms with Crippen LogP contribution in [-0.4, -0.2) is 21.2 Å². The Bertz CT molecular complexity index is 310. The van der Waals surface area contributed by atoms with Crippen LogP contribution >= 0.6 is 11.6 Å². The maximum Gasteiger partial charge on any atom is 0.338 e. The van der Waals surface area contributed by atoms with Gasteiger partial charge in [-0.25, -0.2) is 5.43 Å². The molecule has 1 rings (SSSR count). The number of hydrogen-bond acceptors (Lipinski definition) is 3. The third kappa shape index (κ3) is 3.73. The van der Waals surface area contributed by atoms with Crippen LogP contribution in [0.3, 0.4) is 0 Å². The highest BCUT2D eigenvalue weighted by Gasteiger charge is 2.35. The number of hydrogen-bond donors (Lipinski definition) is 2. The molecule has 0 saturated heterocycles. The molecule has 0 amide bonds. The molecule has 0 aromatic carbocycles. The van der Waals surface area contributed by atoms with Gasteiger partial charge in [-0.1, -0.05) is 0 Å². The molecule has 86 valence electrons. The number of hydrazine groups is 1. The third-order valence-corrected chi connectivity index (χ3v) is 2.34. The molecule has 0 aliphatic heterocycles. The summed E-state index contributed by atoms with van der Waals surface area (Å²) < 4.78 is 27.0. The average Bonchev–Trinajstić information content (AvgIpc) is 2.50. The Balaban J connectivity index is 2.48. The van der Waals surface area contributed by atoms with Crippen molar-refractivity contribution in [2.45, 2.75) is 24.3 Å². The molecular weight excluding hydrogens is 226 g/mol. The minimum atomic E-state index is -3.34. The highest BCUT2D eigenvalue weighted by atomic mass is 35.5. The van der Waals surface area contributed by atoms with Crippen LogP contribution in [0.15, 0.2) is 12.4 Å².